The molecule has 4 nitrogen and oxygen atoms in total. The zero-order valence-electron chi connectivity index (χ0n) is 17.0. The zero-order valence-corrected chi connectivity index (χ0v) is 17.0. The molecule has 0 saturated heterocycles. The lowest BCUT2D eigenvalue weighted by Gasteiger charge is -2.23. The van der Waals surface area contributed by atoms with Crippen LogP contribution in [0.3, 0.4) is 0 Å². The normalized spacial score (nSPS) is 16.6. The van der Waals surface area contributed by atoms with E-state index in [1.165, 1.54) is 5.56 Å². The summed E-state index contributed by atoms with van der Waals surface area (Å²) in [7, 11) is 5.90. The van der Waals surface area contributed by atoms with Gasteiger partial charge in [-0.15, -0.1) is 0 Å². The molecule has 0 bridgehead atoms. The highest BCUT2D eigenvalue weighted by atomic mass is 16.1. The van der Waals surface area contributed by atoms with Crippen molar-refractivity contribution >= 4 is 23.2 Å². The minimum Gasteiger partial charge on any atom is -0.378 e. The molecule has 0 aliphatic carbocycles. The van der Waals surface area contributed by atoms with Gasteiger partial charge in [-0.2, -0.15) is 5.26 Å². The number of allylic oxidation sites excluding steroid dienone is 3. The molecule has 2 aromatic carbocycles. The minimum absolute atomic E-state index is 0.130. The predicted molar refractivity (Wildman–Crippen MR) is 115 cm³/mol. The van der Waals surface area contributed by atoms with Crippen molar-refractivity contribution in [2.75, 3.05) is 30.9 Å². The van der Waals surface area contributed by atoms with Crippen LogP contribution in [0, 0.1) is 11.3 Å². The van der Waals surface area contributed by atoms with Crippen molar-refractivity contribution in [3.05, 3.63) is 77.0 Å². The number of benzene rings is 2. The second-order valence-corrected chi connectivity index (χ2v) is 7.75. The van der Waals surface area contributed by atoms with E-state index in [4.69, 9.17) is 0 Å². The lowest BCUT2D eigenvalue weighted by molar-refractivity contribution is -0.111. The fourth-order valence-corrected chi connectivity index (χ4v) is 3.65. The van der Waals surface area contributed by atoms with Crippen molar-refractivity contribution in [2.24, 2.45) is 0 Å². The average molecular weight is 371 g/mol. The number of ketones is 1. The molecule has 0 saturated carbocycles. The number of rotatable bonds is 4. The summed E-state index contributed by atoms with van der Waals surface area (Å²) < 4.78 is 0. The van der Waals surface area contributed by atoms with E-state index in [1.54, 1.807) is 12.2 Å². The van der Waals surface area contributed by atoms with Crippen molar-refractivity contribution < 1.29 is 4.79 Å². The Kier molecular flexibility index (Phi) is 5.11. The third-order valence-corrected chi connectivity index (χ3v) is 5.31. The number of para-hydroxylation sites is 1. The second kappa shape index (κ2) is 7.36. The minimum atomic E-state index is -0.297. The van der Waals surface area contributed by atoms with Crippen LogP contribution in [0.4, 0.5) is 11.4 Å². The first-order chi connectivity index (χ1) is 13.3. The summed E-state index contributed by atoms with van der Waals surface area (Å²) in [5, 5.41) is 9.55. The van der Waals surface area contributed by atoms with E-state index in [-0.39, 0.29) is 16.8 Å². The molecule has 2 aromatic rings. The van der Waals surface area contributed by atoms with Gasteiger partial charge in [-0.25, -0.2) is 0 Å². The molecule has 28 heavy (non-hydrogen) atoms. The molecule has 142 valence electrons. The second-order valence-electron chi connectivity index (χ2n) is 7.75. The van der Waals surface area contributed by atoms with Gasteiger partial charge in [0, 0.05) is 49.7 Å². The number of carbonyl (C=O) groups excluding carboxylic acids is 1. The maximum atomic E-state index is 12.9. The van der Waals surface area contributed by atoms with Crippen LogP contribution in [0.1, 0.15) is 25.0 Å². The number of anilines is 2. The van der Waals surface area contributed by atoms with E-state index >= 15 is 0 Å². The van der Waals surface area contributed by atoms with Crippen LogP contribution in [-0.2, 0) is 10.2 Å². The van der Waals surface area contributed by atoms with Gasteiger partial charge in [-0.3, -0.25) is 4.79 Å². The fraction of sp³-hybridized carbons (Fsp3) is 0.250. The quantitative estimate of drug-likeness (QED) is 0.585. The number of carbonyl (C=O) groups is 1. The van der Waals surface area contributed by atoms with Gasteiger partial charge in [0.05, 0.1) is 5.57 Å². The molecular formula is C24H25N3O. The Bertz CT molecular complexity index is 1000. The lowest BCUT2D eigenvalue weighted by atomic mass is 9.83. The van der Waals surface area contributed by atoms with Crippen molar-refractivity contribution in [1.29, 1.82) is 5.26 Å². The number of fused-ring (bicyclic) bond motifs is 1. The lowest BCUT2D eigenvalue weighted by Crippen LogP contribution is -2.24. The summed E-state index contributed by atoms with van der Waals surface area (Å²) in [4.78, 5) is 16.9. The molecule has 0 N–H and O–H groups in total. The smallest absolute Gasteiger partial charge is 0.198 e. The van der Waals surface area contributed by atoms with Crippen LogP contribution in [0.15, 0.2) is 65.9 Å². The third kappa shape index (κ3) is 3.44. The Hall–Kier alpha value is -3.32. The van der Waals surface area contributed by atoms with E-state index in [9.17, 15) is 10.1 Å². The molecule has 1 aliphatic heterocycles. The average Bonchev–Trinajstić information content (AvgIpc) is 2.87. The van der Waals surface area contributed by atoms with E-state index in [2.05, 4.69) is 32.0 Å². The first-order valence-corrected chi connectivity index (χ1v) is 9.24. The largest absolute Gasteiger partial charge is 0.378 e. The summed E-state index contributed by atoms with van der Waals surface area (Å²) in [6, 6.07) is 18.0. The number of nitrogens with zero attached hydrogens (tertiary/aromatic N) is 3. The van der Waals surface area contributed by atoms with Crippen molar-refractivity contribution in [3.63, 3.8) is 0 Å². The maximum absolute atomic E-state index is 12.9. The van der Waals surface area contributed by atoms with Crippen LogP contribution in [0.25, 0.3) is 6.08 Å². The Labute approximate surface area is 167 Å². The zero-order chi connectivity index (χ0) is 20.5. The first kappa shape index (κ1) is 19.4. The highest BCUT2D eigenvalue weighted by Crippen LogP contribution is 2.46. The summed E-state index contributed by atoms with van der Waals surface area (Å²) in [6.07, 6.45) is 3.25. The summed E-state index contributed by atoms with van der Waals surface area (Å²) in [5.74, 6) is -0.276. The van der Waals surface area contributed by atoms with Crippen molar-refractivity contribution in [1.82, 2.24) is 0 Å². The SMILES string of the molecule is CN(C)c1ccc(/C=C(\C#N)C(=O)/C=C2/N(C)c3ccccc3C2(C)C)cc1. The summed E-state index contributed by atoms with van der Waals surface area (Å²) in [5.41, 5.74) is 4.89. The van der Waals surface area contributed by atoms with Gasteiger partial charge in [0.25, 0.3) is 0 Å². The summed E-state index contributed by atoms with van der Waals surface area (Å²) in [6.45, 7) is 4.20. The van der Waals surface area contributed by atoms with Crippen LogP contribution in [0.5, 0.6) is 0 Å². The first-order valence-electron chi connectivity index (χ1n) is 9.24. The van der Waals surface area contributed by atoms with E-state index in [0.29, 0.717) is 0 Å². The Balaban J connectivity index is 1.93. The molecule has 0 atom stereocenters. The van der Waals surface area contributed by atoms with Gasteiger partial charge in [0.15, 0.2) is 5.78 Å². The van der Waals surface area contributed by atoms with Gasteiger partial charge in [-0.1, -0.05) is 44.2 Å². The molecule has 0 unspecified atom stereocenters. The third-order valence-electron chi connectivity index (χ3n) is 5.31. The van der Waals surface area contributed by atoms with E-state index < -0.39 is 0 Å². The van der Waals surface area contributed by atoms with Crippen LogP contribution >= 0.6 is 0 Å². The van der Waals surface area contributed by atoms with Crippen molar-refractivity contribution in [3.8, 4) is 6.07 Å². The summed E-state index contributed by atoms with van der Waals surface area (Å²) >= 11 is 0. The number of hydrogen-bond acceptors (Lipinski definition) is 4. The molecule has 1 heterocycles. The fourth-order valence-electron chi connectivity index (χ4n) is 3.65. The standard InChI is InChI=1S/C24H25N3O/c1-24(2)20-8-6-7-9-21(20)27(5)23(24)15-22(28)18(16-25)14-17-10-12-19(13-11-17)26(3)4/h6-15H,1-5H3/b18-14+,23-15+. The molecule has 0 aromatic heterocycles. The van der Waals surface area contributed by atoms with E-state index in [0.717, 1.165) is 22.6 Å². The molecule has 0 amide bonds. The molecular weight excluding hydrogens is 346 g/mol. The molecule has 0 radical (unpaired) electrons. The van der Waals surface area contributed by atoms with Crippen LogP contribution in [0.2, 0.25) is 0 Å². The Morgan fingerprint density at radius 3 is 2.32 bits per heavy atom. The topological polar surface area (TPSA) is 47.3 Å². The monoisotopic (exact) mass is 371 g/mol. The van der Waals surface area contributed by atoms with Crippen molar-refractivity contribution in [2.45, 2.75) is 19.3 Å². The highest BCUT2D eigenvalue weighted by Gasteiger charge is 2.38. The molecule has 4 heteroatoms. The molecule has 0 fully saturated rings. The van der Waals surface area contributed by atoms with Crippen LogP contribution < -0.4 is 9.80 Å². The molecule has 0 spiro atoms. The number of nitriles is 1. The molecule has 3 rings (SSSR count). The van der Waals surface area contributed by atoms with Gasteiger partial charge in [-0.05, 0) is 35.4 Å². The predicted octanol–water partition coefficient (Wildman–Crippen LogP) is 4.54. The molecule has 1 aliphatic rings. The Morgan fingerprint density at radius 1 is 1.11 bits per heavy atom. The van der Waals surface area contributed by atoms with Gasteiger partial charge >= 0.3 is 0 Å². The van der Waals surface area contributed by atoms with Gasteiger partial charge in [0.1, 0.15) is 6.07 Å². The van der Waals surface area contributed by atoms with Gasteiger partial charge < -0.3 is 9.80 Å². The number of likely N-dealkylation sites (N-methyl/N-ethyl adjacent to an activating group) is 1. The Morgan fingerprint density at radius 2 is 1.75 bits per heavy atom. The van der Waals surface area contributed by atoms with Crippen LogP contribution in [-0.4, -0.2) is 26.9 Å². The highest BCUT2D eigenvalue weighted by molar-refractivity contribution is 6.11. The maximum Gasteiger partial charge on any atom is 0.198 e. The van der Waals surface area contributed by atoms with E-state index in [1.807, 2.05) is 67.3 Å². The number of hydrogen-bond donors (Lipinski definition) is 0. The van der Waals surface area contributed by atoms with Gasteiger partial charge in [0.2, 0.25) is 0 Å².